The van der Waals surface area contributed by atoms with Crippen LogP contribution in [-0.4, -0.2) is 39.0 Å². The number of anilines is 1. The molecule has 8 heteroatoms. The lowest BCUT2D eigenvalue weighted by atomic mass is 9.82. The van der Waals surface area contributed by atoms with E-state index in [9.17, 15) is 15.2 Å². The van der Waals surface area contributed by atoms with Gasteiger partial charge >= 0.3 is 5.97 Å². The van der Waals surface area contributed by atoms with Gasteiger partial charge in [-0.2, -0.15) is 10.4 Å². The van der Waals surface area contributed by atoms with Crippen LogP contribution in [0.4, 0.5) is 5.82 Å². The van der Waals surface area contributed by atoms with Crippen LogP contribution in [0.15, 0.2) is 36.4 Å². The van der Waals surface area contributed by atoms with E-state index >= 15 is 0 Å². The number of hydrogen-bond donors (Lipinski definition) is 2. The predicted molar refractivity (Wildman–Crippen MR) is 142 cm³/mol. The highest BCUT2D eigenvalue weighted by atomic mass is 16.5. The van der Waals surface area contributed by atoms with Crippen molar-refractivity contribution in [3.8, 4) is 11.9 Å². The van der Waals surface area contributed by atoms with Crippen molar-refractivity contribution < 1.29 is 14.6 Å². The molecule has 2 N–H and O–H groups in total. The molecule has 1 aromatic carbocycles. The number of nitrogens with one attached hydrogen (secondary N) is 1. The Labute approximate surface area is 218 Å². The largest absolute Gasteiger partial charge is 0.481 e. The second-order valence-electron chi connectivity index (χ2n) is 10.7. The van der Waals surface area contributed by atoms with Gasteiger partial charge in [0, 0.05) is 31.8 Å². The van der Waals surface area contributed by atoms with Gasteiger partial charge in [0.25, 0.3) is 0 Å². The summed E-state index contributed by atoms with van der Waals surface area (Å²) in [5.41, 5.74) is 5.21. The van der Waals surface area contributed by atoms with Gasteiger partial charge in [-0.05, 0) is 65.5 Å². The summed E-state index contributed by atoms with van der Waals surface area (Å²) >= 11 is 0. The molecule has 2 aromatic heterocycles. The van der Waals surface area contributed by atoms with E-state index in [0.29, 0.717) is 30.9 Å². The molecule has 0 amide bonds. The fourth-order valence-electron chi connectivity index (χ4n) is 4.67. The van der Waals surface area contributed by atoms with Gasteiger partial charge in [-0.1, -0.05) is 32.9 Å². The molecule has 0 fully saturated rings. The number of carbonyl (C=O) groups is 1. The van der Waals surface area contributed by atoms with Crippen molar-refractivity contribution in [1.29, 1.82) is 5.26 Å². The summed E-state index contributed by atoms with van der Waals surface area (Å²) in [6, 6.07) is 14.0. The minimum absolute atomic E-state index is 0.0523. The average Bonchev–Trinajstić information content (AvgIpc) is 3.21. The lowest BCUT2D eigenvalue weighted by molar-refractivity contribution is -0.137. The normalized spacial score (nSPS) is 13.8. The smallest absolute Gasteiger partial charge is 0.303 e. The number of carboxylic acids is 1. The van der Waals surface area contributed by atoms with Gasteiger partial charge in [0.15, 0.2) is 0 Å². The maximum atomic E-state index is 11.7. The summed E-state index contributed by atoms with van der Waals surface area (Å²) < 4.78 is 7.70. The minimum Gasteiger partial charge on any atom is -0.481 e. The molecule has 0 bridgehead atoms. The molecule has 1 aliphatic heterocycles. The van der Waals surface area contributed by atoms with Gasteiger partial charge in [0.05, 0.1) is 30.4 Å². The Hall–Kier alpha value is -3.86. The Morgan fingerprint density at radius 1 is 1.24 bits per heavy atom. The highest BCUT2D eigenvalue weighted by Gasteiger charge is 2.23. The fraction of sp³-hybridized carbons (Fsp3) is 0.448. The molecule has 3 aromatic rings. The Morgan fingerprint density at radius 3 is 2.78 bits per heavy atom. The van der Waals surface area contributed by atoms with E-state index in [1.54, 1.807) is 10.7 Å². The van der Waals surface area contributed by atoms with Crippen LogP contribution in [0.5, 0.6) is 5.88 Å². The minimum atomic E-state index is -0.885. The first-order valence-electron chi connectivity index (χ1n) is 12.8. The van der Waals surface area contributed by atoms with Crippen molar-refractivity contribution in [2.24, 2.45) is 7.05 Å². The zero-order chi connectivity index (χ0) is 26.6. The Balaban J connectivity index is 1.47. The standard InChI is InChI=1S/C29H35N5O3/c1-29(2,3)23-13-19(18-30)12-21(14-23)22(16-27(35)36)15-25-17-26(34(4)33-25)37-11-9-24-8-7-20-6-5-10-31-28(20)32-24/h7-8,12-14,17,22H,5-6,9-11,15-16H2,1-4H3,(H,31,32)(H,35,36)/t22-/m0/s1. The highest BCUT2D eigenvalue weighted by Crippen LogP contribution is 2.31. The summed E-state index contributed by atoms with van der Waals surface area (Å²) in [5.74, 6) is 0.401. The van der Waals surface area contributed by atoms with E-state index in [1.165, 1.54) is 5.56 Å². The number of rotatable bonds is 9. The van der Waals surface area contributed by atoms with E-state index in [-0.39, 0.29) is 17.8 Å². The number of pyridine rings is 1. The summed E-state index contributed by atoms with van der Waals surface area (Å²) in [7, 11) is 1.82. The molecular formula is C29H35N5O3. The van der Waals surface area contributed by atoms with Crippen molar-refractivity contribution in [2.45, 2.75) is 64.2 Å². The first kappa shape index (κ1) is 26.2. The van der Waals surface area contributed by atoms with Crippen molar-refractivity contribution in [2.75, 3.05) is 18.5 Å². The van der Waals surface area contributed by atoms with Crippen LogP contribution in [0.2, 0.25) is 0 Å². The number of hydrogen-bond acceptors (Lipinski definition) is 6. The Morgan fingerprint density at radius 2 is 2.05 bits per heavy atom. The van der Waals surface area contributed by atoms with Crippen LogP contribution >= 0.6 is 0 Å². The van der Waals surface area contributed by atoms with E-state index in [1.807, 2.05) is 25.2 Å². The molecule has 8 nitrogen and oxygen atoms in total. The van der Waals surface area contributed by atoms with Crippen LogP contribution < -0.4 is 10.1 Å². The fourth-order valence-corrected chi connectivity index (χ4v) is 4.67. The van der Waals surface area contributed by atoms with Crippen LogP contribution in [0.3, 0.4) is 0 Å². The van der Waals surface area contributed by atoms with Crippen molar-refractivity contribution >= 4 is 11.8 Å². The number of ether oxygens (including phenoxy) is 1. The maximum absolute atomic E-state index is 11.7. The van der Waals surface area contributed by atoms with Gasteiger partial charge in [-0.25, -0.2) is 9.67 Å². The van der Waals surface area contributed by atoms with Gasteiger partial charge < -0.3 is 15.2 Å². The number of carboxylic acid groups (broad SMARTS) is 1. The van der Waals surface area contributed by atoms with Crippen LogP contribution in [0.1, 0.15) is 73.2 Å². The van der Waals surface area contributed by atoms with E-state index < -0.39 is 5.97 Å². The van der Waals surface area contributed by atoms with Crippen LogP contribution in [0.25, 0.3) is 0 Å². The first-order chi connectivity index (χ1) is 17.6. The van der Waals surface area contributed by atoms with E-state index in [0.717, 1.165) is 47.7 Å². The molecule has 1 aliphatic rings. The molecule has 0 aliphatic carbocycles. The van der Waals surface area contributed by atoms with Crippen LogP contribution in [0, 0.1) is 11.3 Å². The molecule has 3 heterocycles. The van der Waals surface area contributed by atoms with Gasteiger partial charge in [0.1, 0.15) is 5.82 Å². The second-order valence-corrected chi connectivity index (χ2v) is 10.7. The number of fused-ring (bicyclic) bond motifs is 1. The van der Waals surface area contributed by atoms with Crippen molar-refractivity contribution in [3.05, 3.63) is 70.0 Å². The second kappa shape index (κ2) is 11.0. The lowest BCUT2D eigenvalue weighted by Crippen LogP contribution is -2.15. The maximum Gasteiger partial charge on any atom is 0.303 e. The summed E-state index contributed by atoms with van der Waals surface area (Å²) in [4.78, 5) is 16.4. The molecule has 0 unspecified atom stereocenters. The van der Waals surface area contributed by atoms with Crippen molar-refractivity contribution in [1.82, 2.24) is 14.8 Å². The third kappa shape index (κ3) is 6.67. The van der Waals surface area contributed by atoms with E-state index in [4.69, 9.17) is 9.72 Å². The Bertz CT molecular complexity index is 1320. The zero-order valence-corrected chi connectivity index (χ0v) is 22.0. The number of aryl methyl sites for hydroxylation is 2. The Kier molecular flexibility index (Phi) is 7.82. The predicted octanol–water partition coefficient (Wildman–Crippen LogP) is 4.76. The molecule has 1 atom stereocenters. The number of aliphatic carboxylic acids is 1. The molecule has 37 heavy (non-hydrogen) atoms. The van der Waals surface area contributed by atoms with Crippen molar-refractivity contribution in [3.63, 3.8) is 0 Å². The summed E-state index contributed by atoms with van der Waals surface area (Å²) in [6.45, 7) is 7.66. The molecule has 194 valence electrons. The average molecular weight is 502 g/mol. The lowest BCUT2D eigenvalue weighted by Gasteiger charge is -2.23. The highest BCUT2D eigenvalue weighted by molar-refractivity contribution is 5.68. The molecular weight excluding hydrogens is 466 g/mol. The topological polar surface area (TPSA) is 113 Å². The molecule has 0 saturated carbocycles. The summed E-state index contributed by atoms with van der Waals surface area (Å²) in [5, 5.41) is 27.1. The molecule has 4 rings (SSSR count). The third-order valence-corrected chi connectivity index (χ3v) is 6.75. The van der Waals surface area contributed by atoms with E-state index in [2.05, 4.69) is 49.4 Å². The van der Waals surface area contributed by atoms with Gasteiger partial charge in [-0.3, -0.25) is 4.79 Å². The zero-order valence-electron chi connectivity index (χ0n) is 22.0. The number of nitrogens with zero attached hydrogens (tertiary/aromatic N) is 4. The first-order valence-corrected chi connectivity index (χ1v) is 12.8. The third-order valence-electron chi connectivity index (χ3n) is 6.75. The monoisotopic (exact) mass is 501 g/mol. The number of nitriles is 1. The van der Waals surface area contributed by atoms with Crippen LogP contribution in [-0.2, 0) is 36.5 Å². The molecule has 0 spiro atoms. The SMILES string of the molecule is Cn1nc(C[C@@H](CC(=O)O)c2cc(C#N)cc(C(C)(C)C)c2)cc1OCCc1ccc2c(n1)NCCC2. The summed E-state index contributed by atoms with van der Waals surface area (Å²) in [6.07, 6.45) is 3.25. The van der Waals surface area contributed by atoms with Gasteiger partial charge in [-0.15, -0.1) is 0 Å². The number of benzene rings is 1. The molecule has 0 saturated heterocycles. The van der Waals surface area contributed by atoms with Gasteiger partial charge in [0.2, 0.25) is 5.88 Å². The quantitative estimate of drug-likeness (QED) is 0.434. The molecule has 0 radical (unpaired) electrons. The number of aromatic nitrogens is 3.